The molecule has 7 atom stereocenters. The Balaban J connectivity index is 1.04. The van der Waals surface area contributed by atoms with E-state index in [0.29, 0.717) is 27.2 Å². The molecule has 4 aromatic rings. The van der Waals surface area contributed by atoms with Gasteiger partial charge in [-0.3, -0.25) is 24.1 Å². The van der Waals surface area contributed by atoms with Gasteiger partial charge < -0.3 is 15.0 Å². The number of aryl methyl sites for hydroxylation is 1. The lowest BCUT2D eigenvalue weighted by Gasteiger charge is -2.43. The van der Waals surface area contributed by atoms with E-state index < -0.39 is 0 Å². The lowest BCUT2D eigenvalue weighted by molar-refractivity contribution is -0.123. The third-order valence-electron chi connectivity index (χ3n) is 9.83. The summed E-state index contributed by atoms with van der Waals surface area (Å²) in [5.41, 5.74) is 3.22. The summed E-state index contributed by atoms with van der Waals surface area (Å²) in [5, 5.41) is 4.44. The summed E-state index contributed by atoms with van der Waals surface area (Å²) in [6.45, 7) is 1.78. The summed E-state index contributed by atoms with van der Waals surface area (Å²) in [5.74, 6) is -0.677. The molecule has 3 aromatic carbocycles. The zero-order valence-electron chi connectivity index (χ0n) is 24.4. The SMILES string of the molecule is Cc1ccc(N2C(=O)C3C4CC(C3C2=O)C2C4Sc3[nH]c(=O)sc3[C@@H]2c2ccc(OCC(=O)Nc3ccc(Cl)c(Cl)c3)cc2)cc1. The van der Waals surface area contributed by atoms with Gasteiger partial charge in [0.2, 0.25) is 11.8 Å². The van der Waals surface area contributed by atoms with Crippen molar-refractivity contribution in [1.29, 1.82) is 0 Å². The van der Waals surface area contributed by atoms with Gasteiger partial charge in [-0.1, -0.05) is 64.4 Å². The van der Waals surface area contributed by atoms with E-state index >= 15 is 0 Å². The van der Waals surface area contributed by atoms with Crippen LogP contribution >= 0.6 is 46.3 Å². The topological polar surface area (TPSA) is 109 Å². The van der Waals surface area contributed by atoms with Crippen molar-refractivity contribution in [2.24, 2.45) is 29.6 Å². The number of benzene rings is 3. The zero-order valence-corrected chi connectivity index (χ0v) is 27.5. The Morgan fingerprint density at radius 1 is 0.957 bits per heavy atom. The molecule has 2 saturated carbocycles. The molecule has 3 amide bonds. The minimum Gasteiger partial charge on any atom is -0.484 e. The summed E-state index contributed by atoms with van der Waals surface area (Å²) in [6, 6.07) is 20.0. The highest BCUT2D eigenvalue weighted by atomic mass is 35.5. The quantitative estimate of drug-likeness (QED) is 0.217. The number of thiazole rings is 1. The maximum absolute atomic E-state index is 13.9. The highest BCUT2D eigenvalue weighted by molar-refractivity contribution is 8.00. The van der Waals surface area contributed by atoms with Crippen LogP contribution in [0, 0.1) is 36.5 Å². The number of aromatic amines is 1. The van der Waals surface area contributed by atoms with Crippen molar-refractivity contribution in [2.75, 3.05) is 16.8 Å². The highest BCUT2D eigenvalue weighted by Gasteiger charge is 2.69. The Bertz CT molecular complexity index is 1960. The Kier molecular flexibility index (Phi) is 7.32. The third kappa shape index (κ3) is 4.80. The number of hydrogen-bond acceptors (Lipinski definition) is 7. The van der Waals surface area contributed by atoms with Crippen LogP contribution < -0.4 is 19.8 Å². The molecule has 0 radical (unpaired) electrons. The third-order valence-corrected chi connectivity index (χ3v) is 13.2. The summed E-state index contributed by atoms with van der Waals surface area (Å²) < 4.78 is 5.77. The first-order chi connectivity index (χ1) is 22.2. The number of amides is 3. The molecule has 1 aromatic heterocycles. The molecule has 4 aliphatic rings. The molecular formula is C34H27Cl2N3O5S2. The number of rotatable bonds is 6. The molecule has 234 valence electrons. The Labute approximate surface area is 282 Å². The maximum Gasteiger partial charge on any atom is 0.305 e. The van der Waals surface area contributed by atoms with Crippen molar-refractivity contribution in [3.8, 4) is 5.75 Å². The van der Waals surface area contributed by atoms with Gasteiger partial charge in [-0.05, 0) is 79.1 Å². The normalized spacial score (nSPS) is 27.4. The van der Waals surface area contributed by atoms with Gasteiger partial charge in [0, 0.05) is 21.7 Å². The van der Waals surface area contributed by atoms with E-state index in [0.717, 1.165) is 27.5 Å². The molecule has 2 N–H and O–H groups in total. The fourth-order valence-electron chi connectivity index (χ4n) is 8.03. The number of hydrogen-bond donors (Lipinski definition) is 2. The molecule has 1 saturated heterocycles. The van der Waals surface area contributed by atoms with Gasteiger partial charge >= 0.3 is 4.87 Å². The van der Waals surface area contributed by atoms with Crippen LogP contribution in [0.4, 0.5) is 11.4 Å². The monoisotopic (exact) mass is 691 g/mol. The minimum atomic E-state index is -0.364. The second-order valence-corrected chi connectivity index (χ2v) is 15.4. The molecule has 2 aliphatic carbocycles. The van der Waals surface area contributed by atoms with Crippen molar-refractivity contribution >= 4 is 75.4 Å². The molecule has 3 fully saturated rings. The van der Waals surface area contributed by atoms with Gasteiger partial charge in [-0.15, -0.1) is 11.8 Å². The number of carbonyl (C=O) groups is 3. The average Bonchev–Trinajstić information content (AvgIpc) is 3.78. The van der Waals surface area contributed by atoms with Crippen molar-refractivity contribution in [2.45, 2.75) is 29.5 Å². The van der Waals surface area contributed by atoms with E-state index in [1.807, 2.05) is 55.5 Å². The standard InChI is InChI=1S/C34H27Cl2N3O5S2/c1-15-2-7-18(8-3-15)39-32(41)27-20-13-21(28(27)33(39)42)29-26(20)25(30-31(45-29)38-34(43)46-30)16-4-9-19(10-5-16)44-14-24(40)37-17-6-11-22(35)23(36)12-17/h2-12,20-21,25-29H,13-14H2,1H3,(H,37,40)(H,38,43)/t20?,21?,25-,26?,27?,28?,29?/m1/s1. The lowest BCUT2D eigenvalue weighted by atomic mass is 9.68. The number of H-pyrrole nitrogens is 1. The van der Waals surface area contributed by atoms with Crippen LogP contribution in [0.1, 0.15) is 28.3 Å². The van der Waals surface area contributed by atoms with Crippen LogP contribution in [-0.2, 0) is 14.4 Å². The number of imide groups is 1. The average molecular weight is 693 g/mol. The minimum absolute atomic E-state index is 0.0238. The lowest BCUT2D eigenvalue weighted by Crippen LogP contribution is -2.42. The first-order valence-corrected chi connectivity index (χ1v) is 17.4. The predicted molar refractivity (Wildman–Crippen MR) is 179 cm³/mol. The van der Waals surface area contributed by atoms with Gasteiger partial charge in [0.25, 0.3) is 5.91 Å². The number of thioether (sulfide) groups is 1. The van der Waals surface area contributed by atoms with E-state index in [4.69, 9.17) is 27.9 Å². The van der Waals surface area contributed by atoms with Crippen LogP contribution in [0.2, 0.25) is 10.0 Å². The highest BCUT2D eigenvalue weighted by Crippen LogP contribution is 2.68. The molecule has 8 rings (SSSR count). The number of ether oxygens (including phenoxy) is 1. The number of aromatic nitrogens is 1. The molecule has 8 nitrogen and oxygen atoms in total. The molecular weight excluding hydrogens is 665 g/mol. The van der Waals surface area contributed by atoms with Gasteiger partial charge in [0.1, 0.15) is 5.75 Å². The summed E-state index contributed by atoms with van der Waals surface area (Å²) in [7, 11) is 0. The summed E-state index contributed by atoms with van der Waals surface area (Å²) in [4.78, 5) is 58.2. The van der Waals surface area contributed by atoms with Crippen molar-refractivity contribution < 1.29 is 19.1 Å². The largest absolute Gasteiger partial charge is 0.484 e. The number of carbonyl (C=O) groups excluding carboxylic acids is 3. The molecule has 2 aliphatic heterocycles. The molecule has 46 heavy (non-hydrogen) atoms. The number of halogens is 2. The fraction of sp³-hybridized carbons (Fsp3) is 0.294. The van der Waals surface area contributed by atoms with E-state index in [-0.39, 0.29) is 70.0 Å². The summed E-state index contributed by atoms with van der Waals surface area (Å²) >= 11 is 14.9. The Morgan fingerprint density at radius 2 is 1.67 bits per heavy atom. The smallest absolute Gasteiger partial charge is 0.305 e. The van der Waals surface area contributed by atoms with Crippen molar-refractivity contribution in [1.82, 2.24) is 4.98 Å². The number of nitrogens with one attached hydrogen (secondary N) is 2. The second-order valence-electron chi connectivity index (χ2n) is 12.3. The van der Waals surface area contributed by atoms with Gasteiger partial charge in [0.15, 0.2) is 6.61 Å². The van der Waals surface area contributed by atoms with Crippen molar-refractivity contribution in [3.63, 3.8) is 0 Å². The molecule has 2 bridgehead atoms. The fourth-order valence-corrected chi connectivity index (χ4v) is 11.2. The first kappa shape index (κ1) is 29.8. The first-order valence-electron chi connectivity index (χ1n) is 15.0. The van der Waals surface area contributed by atoms with Gasteiger partial charge in [-0.25, -0.2) is 0 Å². The molecule has 0 spiro atoms. The predicted octanol–water partition coefficient (Wildman–Crippen LogP) is 6.75. The number of fused-ring (bicyclic) bond motifs is 9. The zero-order chi connectivity index (χ0) is 31.9. The number of anilines is 2. The molecule has 6 unspecified atom stereocenters. The van der Waals surface area contributed by atoms with E-state index in [9.17, 15) is 19.2 Å². The Morgan fingerprint density at radius 3 is 2.39 bits per heavy atom. The van der Waals surface area contributed by atoms with Crippen LogP contribution in [0.25, 0.3) is 0 Å². The van der Waals surface area contributed by atoms with E-state index in [2.05, 4.69) is 10.3 Å². The van der Waals surface area contributed by atoms with Crippen LogP contribution in [0.5, 0.6) is 5.75 Å². The van der Waals surface area contributed by atoms with Crippen LogP contribution in [0.15, 0.2) is 76.6 Å². The van der Waals surface area contributed by atoms with Gasteiger partial charge in [-0.2, -0.15) is 0 Å². The van der Waals surface area contributed by atoms with Crippen LogP contribution in [-0.4, -0.2) is 34.6 Å². The van der Waals surface area contributed by atoms with Gasteiger partial charge in [0.05, 0.1) is 32.6 Å². The molecule has 12 heteroatoms. The summed E-state index contributed by atoms with van der Waals surface area (Å²) in [6.07, 6.45) is 0.821. The van der Waals surface area contributed by atoms with E-state index in [1.54, 1.807) is 30.0 Å². The Hall–Kier alpha value is -3.57. The number of nitrogens with zero attached hydrogens (tertiary/aromatic N) is 1. The van der Waals surface area contributed by atoms with E-state index in [1.165, 1.54) is 16.2 Å². The van der Waals surface area contributed by atoms with Crippen molar-refractivity contribution in [3.05, 3.63) is 102 Å². The maximum atomic E-state index is 13.9. The van der Waals surface area contributed by atoms with Crippen LogP contribution in [0.3, 0.4) is 0 Å². The molecule has 3 heterocycles. The second kappa shape index (κ2) is 11.3.